The molecule has 0 bridgehead atoms. The summed E-state index contributed by atoms with van der Waals surface area (Å²) in [6, 6.07) is 23.5. The molecule has 2 aromatic carbocycles. The molecule has 0 amide bonds. The Bertz CT molecular complexity index is 730. The van der Waals surface area contributed by atoms with Crippen LogP contribution in [0, 0.1) is 6.92 Å². The number of nitrogens with zero attached hydrogens (tertiary/aromatic N) is 1. The van der Waals surface area contributed by atoms with Gasteiger partial charge in [0.15, 0.2) is 6.20 Å². The SMILES string of the molecule is Cc1ccc(-c2ccccc2)cc1-c1cccc[n+]1C. The van der Waals surface area contributed by atoms with Crippen LogP contribution >= 0.6 is 0 Å². The third-order valence-electron chi connectivity index (χ3n) is 3.68. The van der Waals surface area contributed by atoms with Gasteiger partial charge in [-0.05, 0) is 35.7 Å². The Morgan fingerprint density at radius 1 is 0.750 bits per heavy atom. The molecule has 0 saturated heterocycles. The van der Waals surface area contributed by atoms with Crippen molar-refractivity contribution >= 4 is 0 Å². The van der Waals surface area contributed by atoms with Gasteiger partial charge in [0, 0.05) is 17.7 Å². The van der Waals surface area contributed by atoms with Crippen LogP contribution in [0.25, 0.3) is 22.4 Å². The van der Waals surface area contributed by atoms with E-state index >= 15 is 0 Å². The van der Waals surface area contributed by atoms with Crippen LogP contribution in [0.3, 0.4) is 0 Å². The summed E-state index contributed by atoms with van der Waals surface area (Å²) in [5.74, 6) is 0. The van der Waals surface area contributed by atoms with E-state index in [2.05, 4.69) is 91.5 Å². The summed E-state index contributed by atoms with van der Waals surface area (Å²) in [7, 11) is 2.09. The van der Waals surface area contributed by atoms with Crippen LogP contribution < -0.4 is 4.57 Å². The first-order valence-corrected chi connectivity index (χ1v) is 6.87. The van der Waals surface area contributed by atoms with Crippen molar-refractivity contribution in [3.8, 4) is 22.4 Å². The predicted octanol–water partition coefficient (Wildman–Crippen LogP) is 4.15. The largest absolute Gasteiger partial charge is 0.212 e. The second-order valence-corrected chi connectivity index (χ2v) is 5.09. The topological polar surface area (TPSA) is 3.88 Å². The summed E-state index contributed by atoms with van der Waals surface area (Å²) in [4.78, 5) is 0. The maximum absolute atomic E-state index is 2.28. The Labute approximate surface area is 120 Å². The van der Waals surface area contributed by atoms with Crippen molar-refractivity contribution in [3.05, 3.63) is 78.5 Å². The fourth-order valence-corrected chi connectivity index (χ4v) is 2.51. The Morgan fingerprint density at radius 3 is 2.25 bits per heavy atom. The summed E-state index contributed by atoms with van der Waals surface area (Å²) in [6.45, 7) is 2.16. The second-order valence-electron chi connectivity index (χ2n) is 5.09. The van der Waals surface area contributed by atoms with Crippen molar-refractivity contribution < 1.29 is 4.57 Å². The van der Waals surface area contributed by atoms with Crippen LogP contribution in [0.1, 0.15) is 5.56 Å². The van der Waals surface area contributed by atoms with E-state index < -0.39 is 0 Å². The Hall–Kier alpha value is -2.41. The van der Waals surface area contributed by atoms with E-state index in [0.29, 0.717) is 0 Å². The highest BCUT2D eigenvalue weighted by atomic mass is 14.9. The first-order valence-electron chi connectivity index (χ1n) is 6.87. The molecule has 0 N–H and O–H groups in total. The average molecular weight is 260 g/mol. The Morgan fingerprint density at radius 2 is 1.50 bits per heavy atom. The van der Waals surface area contributed by atoms with Crippen LogP contribution in [0.15, 0.2) is 72.9 Å². The van der Waals surface area contributed by atoms with Gasteiger partial charge in [0.2, 0.25) is 5.69 Å². The molecule has 98 valence electrons. The van der Waals surface area contributed by atoms with Crippen molar-refractivity contribution in [3.63, 3.8) is 0 Å². The molecule has 3 rings (SSSR count). The first kappa shape index (κ1) is 12.6. The number of aromatic nitrogens is 1. The lowest BCUT2D eigenvalue weighted by molar-refractivity contribution is -0.660. The lowest BCUT2D eigenvalue weighted by atomic mass is 9.97. The maximum atomic E-state index is 2.28. The molecule has 0 spiro atoms. The molecule has 3 aromatic rings. The van der Waals surface area contributed by atoms with Crippen molar-refractivity contribution in [2.75, 3.05) is 0 Å². The fraction of sp³-hybridized carbons (Fsp3) is 0.105. The van der Waals surface area contributed by atoms with Gasteiger partial charge in [-0.1, -0.05) is 42.5 Å². The van der Waals surface area contributed by atoms with Gasteiger partial charge in [-0.2, -0.15) is 0 Å². The lowest BCUT2D eigenvalue weighted by Crippen LogP contribution is -2.30. The van der Waals surface area contributed by atoms with E-state index in [4.69, 9.17) is 0 Å². The molecule has 0 unspecified atom stereocenters. The molecule has 0 aliphatic heterocycles. The van der Waals surface area contributed by atoms with Gasteiger partial charge in [0.05, 0.1) is 0 Å². The summed E-state index contributed by atoms with van der Waals surface area (Å²) in [6.07, 6.45) is 2.09. The molecule has 1 heteroatoms. The van der Waals surface area contributed by atoms with Crippen molar-refractivity contribution in [1.29, 1.82) is 0 Å². The smallest absolute Gasteiger partial charge is 0.201 e. The molecule has 1 aromatic heterocycles. The van der Waals surface area contributed by atoms with E-state index in [9.17, 15) is 0 Å². The van der Waals surface area contributed by atoms with Crippen LogP contribution in [0.5, 0.6) is 0 Å². The van der Waals surface area contributed by atoms with Gasteiger partial charge in [0.25, 0.3) is 0 Å². The second kappa shape index (κ2) is 5.30. The number of pyridine rings is 1. The van der Waals surface area contributed by atoms with E-state index in [-0.39, 0.29) is 0 Å². The quantitative estimate of drug-likeness (QED) is 0.609. The van der Waals surface area contributed by atoms with Crippen molar-refractivity contribution in [2.45, 2.75) is 6.92 Å². The van der Waals surface area contributed by atoms with E-state index in [1.54, 1.807) is 0 Å². The minimum absolute atomic E-state index is 1.24. The van der Waals surface area contributed by atoms with E-state index in [1.165, 1.54) is 27.9 Å². The molecule has 0 saturated carbocycles. The number of benzene rings is 2. The Kier molecular flexibility index (Phi) is 3.34. The zero-order valence-corrected chi connectivity index (χ0v) is 11.9. The first-order chi connectivity index (χ1) is 9.75. The molecular formula is C19H18N+. The summed E-state index contributed by atoms with van der Waals surface area (Å²) in [5.41, 5.74) is 6.34. The summed E-state index contributed by atoms with van der Waals surface area (Å²) in [5, 5.41) is 0. The standard InChI is InChI=1S/C19H18N/c1-15-11-12-17(16-8-4-3-5-9-16)14-18(15)19-10-6-7-13-20(19)2/h3-14H,1-2H3/q+1. The molecule has 0 aliphatic carbocycles. The Balaban J connectivity index is 2.15. The van der Waals surface area contributed by atoms with Crippen LogP contribution in [0.2, 0.25) is 0 Å². The van der Waals surface area contributed by atoms with Crippen molar-refractivity contribution in [2.24, 2.45) is 7.05 Å². The van der Waals surface area contributed by atoms with Gasteiger partial charge < -0.3 is 0 Å². The monoisotopic (exact) mass is 260 g/mol. The van der Waals surface area contributed by atoms with E-state index in [0.717, 1.165) is 0 Å². The van der Waals surface area contributed by atoms with Gasteiger partial charge >= 0.3 is 0 Å². The highest BCUT2D eigenvalue weighted by molar-refractivity contribution is 5.72. The highest BCUT2D eigenvalue weighted by Gasteiger charge is 2.12. The highest BCUT2D eigenvalue weighted by Crippen LogP contribution is 2.27. The average Bonchev–Trinajstić information content (AvgIpc) is 2.49. The molecule has 0 radical (unpaired) electrons. The third-order valence-corrected chi connectivity index (χ3v) is 3.68. The van der Waals surface area contributed by atoms with Crippen LogP contribution in [-0.2, 0) is 7.05 Å². The zero-order valence-electron chi connectivity index (χ0n) is 11.9. The van der Waals surface area contributed by atoms with Gasteiger partial charge in [-0.15, -0.1) is 0 Å². The van der Waals surface area contributed by atoms with Crippen molar-refractivity contribution in [1.82, 2.24) is 0 Å². The number of hydrogen-bond acceptors (Lipinski definition) is 0. The predicted molar refractivity (Wildman–Crippen MR) is 83.2 cm³/mol. The summed E-state index contributed by atoms with van der Waals surface area (Å²) >= 11 is 0. The number of rotatable bonds is 2. The van der Waals surface area contributed by atoms with Gasteiger partial charge in [-0.25, -0.2) is 4.57 Å². The van der Waals surface area contributed by atoms with Crippen LogP contribution in [-0.4, -0.2) is 0 Å². The third kappa shape index (κ3) is 2.35. The molecule has 0 atom stereocenters. The lowest BCUT2D eigenvalue weighted by Gasteiger charge is -2.08. The molecule has 20 heavy (non-hydrogen) atoms. The van der Waals surface area contributed by atoms with Gasteiger partial charge in [-0.3, -0.25) is 0 Å². The zero-order chi connectivity index (χ0) is 13.9. The number of hydrogen-bond donors (Lipinski definition) is 0. The minimum atomic E-state index is 1.24. The number of aryl methyl sites for hydroxylation is 2. The minimum Gasteiger partial charge on any atom is -0.201 e. The molecule has 1 heterocycles. The molecular weight excluding hydrogens is 242 g/mol. The maximum Gasteiger partial charge on any atom is 0.212 e. The van der Waals surface area contributed by atoms with Gasteiger partial charge in [0.1, 0.15) is 7.05 Å². The summed E-state index contributed by atoms with van der Waals surface area (Å²) < 4.78 is 2.16. The molecule has 0 aliphatic rings. The normalized spacial score (nSPS) is 10.5. The fourth-order valence-electron chi connectivity index (χ4n) is 2.51. The van der Waals surface area contributed by atoms with Crippen LogP contribution in [0.4, 0.5) is 0 Å². The molecule has 0 fully saturated rings. The molecule has 1 nitrogen and oxygen atoms in total. The van der Waals surface area contributed by atoms with E-state index in [1.807, 2.05) is 0 Å².